The molecule has 23 heavy (non-hydrogen) atoms. The van der Waals surface area contributed by atoms with E-state index in [1.165, 1.54) is 7.11 Å². The molecule has 7 heteroatoms. The fourth-order valence-corrected chi connectivity index (χ4v) is 1.95. The average Bonchev–Trinajstić information content (AvgIpc) is 2.62. The topological polar surface area (TPSA) is 89.9 Å². The fraction of sp³-hybridized carbons (Fsp3) is 0.0625. The average molecular weight is 307 g/mol. The van der Waals surface area contributed by atoms with E-state index in [1.54, 1.807) is 42.9 Å². The second kappa shape index (κ2) is 6.61. The highest BCUT2D eigenvalue weighted by molar-refractivity contribution is 5.90. The van der Waals surface area contributed by atoms with Gasteiger partial charge in [-0.3, -0.25) is 0 Å². The molecular weight excluding hydrogens is 294 g/mol. The van der Waals surface area contributed by atoms with Crippen molar-refractivity contribution in [2.24, 2.45) is 0 Å². The number of anilines is 2. The monoisotopic (exact) mass is 307 g/mol. The van der Waals surface area contributed by atoms with E-state index in [1.807, 2.05) is 12.1 Å². The van der Waals surface area contributed by atoms with E-state index in [-0.39, 0.29) is 0 Å². The van der Waals surface area contributed by atoms with Gasteiger partial charge in [0.15, 0.2) is 0 Å². The summed E-state index contributed by atoms with van der Waals surface area (Å²) in [7, 11) is 1.34. The molecule has 3 aromatic rings. The molecule has 0 aliphatic heterocycles. The number of carbonyl (C=O) groups excluding carboxylic acids is 1. The first kappa shape index (κ1) is 14.6. The molecule has 0 radical (unpaired) electrons. The van der Waals surface area contributed by atoms with Gasteiger partial charge in [0, 0.05) is 29.8 Å². The van der Waals surface area contributed by atoms with Crippen molar-refractivity contribution in [1.82, 2.24) is 20.2 Å². The van der Waals surface area contributed by atoms with Gasteiger partial charge in [0.2, 0.25) is 5.95 Å². The molecule has 1 aromatic carbocycles. The molecule has 0 saturated heterocycles. The number of rotatable bonds is 4. The van der Waals surface area contributed by atoms with E-state index in [9.17, 15) is 4.79 Å². The van der Waals surface area contributed by atoms with E-state index in [0.29, 0.717) is 22.9 Å². The lowest BCUT2D eigenvalue weighted by Gasteiger charge is -2.06. The maximum atomic E-state index is 11.5. The largest absolute Gasteiger partial charge is 0.465 e. The van der Waals surface area contributed by atoms with Crippen molar-refractivity contribution in [3.05, 3.63) is 60.6 Å². The van der Waals surface area contributed by atoms with E-state index in [4.69, 9.17) is 4.74 Å². The lowest BCUT2D eigenvalue weighted by atomic mass is 10.2. The number of hydrogen-bond acceptors (Lipinski definition) is 7. The molecule has 0 unspecified atom stereocenters. The number of esters is 1. The molecule has 114 valence electrons. The van der Waals surface area contributed by atoms with E-state index >= 15 is 0 Å². The van der Waals surface area contributed by atoms with Crippen LogP contribution in [0.1, 0.15) is 10.4 Å². The second-order valence-electron chi connectivity index (χ2n) is 4.60. The number of methoxy groups -OCH3 is 1. The summed E-state index contributed by atoms with van der Waals surface area (Å²) in [6, 6.07) is 10.5. The van der Waals surface area contributed by atoms with E-state index in [2.05, 4.69) is 25.5 Å². The Morgan fingerprint density at radius 1 is 1.13 bits per heavy atom. The van der Waals surface area contributed by atoms with Crippen molar-refractivity contribution in [3.8, 4) is 11.3 Å². The van der Waals surface area contributed by atoms with Gasteiger partial charge in [-0.15, -0.1) is 0 Å². The molecule has 7 nitrogen and oxygen atoms in total. The predicted molar refractivity (Wildman–Crippen MR) is 84.1 cm³/mol. The molecule has 0 aliphatic rings. The van der Waals surface area contributed by atoms with Crippen molar-refractivity contribution >= 4 is 17.6 Å². The fourth-order valence-electron chi connectivity index (χ4n) is 1.95. The first-order valence-corrected chi connectivity index (χ1v) is 6.82. The standard InChI is InChI=1S/C16H13N5O2/c1-23-15(22)11-4-2-5-13(8-11)20-16-17-9-12(10-18-16)14-6-3-7-19-21-14/h2-10H,1H3,(H,17,18,20). The Kier molecular flexibility index (Phi) is 4.19. The highest BCUT2D eigenvalue weighted by atomic mass is 16.5. The molecule has 1 N–H and O–H groups in total. The van der Waals surface area contributed by atoms with Crippen LogP contribution in [0.15, 0.2) is 55.0 Å². The van der Waals surface area contributed by atoms with Crippen LogP contribution in [-0.4, -0.2) is 33.2 Å². The minimum atomic E-state index is -0.396. The van der Waals surface area contributed by atoms with Crippen molar-refractivity contribution in [1.29, 1.82) is 0 Å². The molecule has 0 aliphatic carbocycles. The van der Waals surface area contributed by atoms with Crippen LogP contribution in [0.3, 0.4) is 0 Å². The molecule has 2 heterocycles. The Morgan fingerprint density at radius 3 is 2.65 bits per heavy atom. The van der Waals surface area contributed by atoms with Gasteiger partial charge in [-0.25, -0.2) is 14.8 Å². The zero-order valence-corrected chi connectivity index (χ0v) is 12.3. The lowest BCUT2D eigenvalue weighted by molar-refractivity contribution is 0.0601. The highest BCUT2D eigenvalue weighted by Crippen LogP contribution is 2.18. The second-order valence-corrected chi connectivity index (χ2v) is 4.60. The van der Waals surface area contributed by atoms with Gasteiger partial charge in [-0.05, 0) is 30.3 Å². The summed E-state index contributed by atoms with van der Waals surface area (Å²) >= 11 is 0. The molecule has 0 fully saturated rings. The molecular formula is C16H13N5O2. The minimum absolute atomic E-state index is 0.396. The van der Waals surface area contributed by atoms with Crippen LogP contribution in [0, 0.1) is 0 Å². The summed E-state index contributed by atoms with van der Waals surface area (Å²) in [6.45, 7) is 0. The van der Waals surface area contributed by atoms with Gasteiger partial charge in [0.1, 0.15) is 0 Å². The van der Waals surface area contributed by atoms with Crippen molar-refractivity contribution in [2.45, 2.75) is 0 Å². The summed E-state index contributed by atoms with van der Waals surface area (Å²) < 4.78 is 4.70. The summed E-state index contributed by atoms with van der Waals surface area (Å²) in [5.41, 5.74) is 2.62. The number of hydrogen-bond donors (Lipinski definition) is 1. The van der Waals surface area contributed by atoms with Crippen LogP contribution in [0.5, 0.6) is 0 Å². The molecule has 0 amide bonds. The predicted octanol–water partition coefficient (Wildman–Crippen LogP) is 2.46. The smallest absolute Gasteiger partial charge is 0.337 e. The van der Waals surface area contributed by atoms with Crippen LogP contribution in [0.25, 0.3) is 11.3 Å². The zero-order valence-electron chi connectivity index (χ0n) is 12.3. The van der Waals surface area contributed by atoms with Crippen molar-refractivity contribution in [2.75, 3.05) is 12.4 Å². The van der Waals surface area contributed by atoms with Gasteiger partial charge in [-0.1, -0.05) is 6.07 Å². The first-order valence-electron chi connectivity index (χ1n) is 6.82. The number of nitrogens with zero attached hydrogens (tertiary/aromatic N) is 4. The summed E-state index contributed by atoms with van der Waals surface area (Å²) in [5, 5.41) is 10.9. The van der Waals surface area contributed by atoms with Crippen LogP contribution >= 0.6 is 0 Å². The number of carbonyl (C=O) groups is 1. The summed E-state index contributed by atoms with van der Waals surface area (Å²) in [6.07, 6.45) is 4.92. The third-order valence-corrected chi connectivity index (χ3v) is 3.06. The van der Waals surface area contributed by atoms with Gasteiger partial charge in [-0.2, -0.15) is 10.2 Å². The Hall–Kier alpha value is -3.35. The molecule has 0 saturated carbocycles. The maximum absolute atomic E-state index is 11.5. The SMILES string of the molecule is COC(=O)c1cccc(Nc2ncc(-c3cccnn3)cn2)c1. The lowest BCUT2D eigenvalue weighted by Crippen LogP contribution is -2.02. The zero-order chi connectivity index (χ0) is 16.1. The van der Waals surface area contributed by atoms with Crippen molar-refractivity contribution < 1.29 is 9.53 Å². The van der Waals surface area contributed by atoms with Crippen LogP contribution in [-0.2, 0) is 4.74 Å². The van der Waals surface area contributed by atoms with Crippen LogP contribution in [0.4, 0.5) is 11.6 Å². The maximum Gasteiger partial charge on any atom is 0.337 e. The Labute approximate surface area is 132 Å². The molecule has 2 aromatic heterocycles. The Bertz CT molecular complexity index is 806. The number of nitrogens with one attached hydrogen (secondary N) is 1. The van der Waals surface area contributed by atoms with Crippen LogP contribution in [0.2, 0.25) is 0 Å². The van der Waals surface area contributed by atoms with Gasteiger partial charge >= 0.3 is 5.97 Å². The van der Waals surface area contributed by atoms with Crippen LogP contribution < -0.4 is 5.32 Å². The Morgan fingerprint density at radius 2 is 1.96 bits per heavy atom. The highest BCUT2D eigenvalue weighted by Gasteiger charge is 2.07. The van der Waals surface area contributed by atoms with Gasteiger partial charge < -0.3 is 10.1 Å². The molecule has 0 spiro atoms. The quantitative estimate of drug-likeness (QED) is 0.740. The third-order valence-electron chi connectivity index (χ3n) is 3.06. The minimum Gasteiger partial charge on any atom is -0.465 e. The molecule has 0 bridgehead atoms. The number of ether oxygens (including phenoxy) is 1. The summed E-state index contributed by atoms with van der Waals surface area (Å²) in [4.78, 5) is 20.0. The Balaban J connectivity index is 1.77. The molecule has 3 rings (SSSR count). The van der Waals surface area contributed by atoms with Gasteiger partial charge in [0.25, 0.3) is 0 Å². The number of aromatic nitrogens is 4. The van der Waals surface area contributed by atoms with E-state index in [0.717, 1.165) is 5.56 Å². The molecule has 0 atom stereocenters. The number of benzene rings is 1. The van der Waals surface area contributed by atoms with Crippen molar-refractivity contribution in [3.63, 3.8) is 0 Å². The first-order chi connectivity index (χ1) is 11.3. The van der Waals surface area contributed by atoms with Gasteiger partial charge in [0.05, 0.1) is 18.4 Å². The van der Waals surface area contributed by atoms with E-state index < -0.39 is 5.97 Å². The third kappa shape index (κ3) is 3.46. The normalized spacial score (nSPS) is 10.1. The summed E-state index contributed by atoms with van der Waals surface area (Å²) in [5.74, 6) is 0.0206.